The number of thiophene rings is 1. The molecule has 3 heterocycles. The molecule has 4 nitrogen and oxygen atoms in total. The van der Waals surface area contributed by atoms with Gasteiger partial charge in [0.25, 0.3) is 0 Å². The lowest BCUT2D eigenvalue weighted by Gasteiger charge is -2.33. The highest BCUT2D eigenvalue weighted by Gasteiger charge is 2.24. The summed E-state index contributed by atoms with van der Waals surface area (Å²) >= 11 is 3.30. The summed E-state index contributed by atoms with van der Waals surface area (Å²) in [5.41, 5.74) is 1.25. The molecule has 1 aliphatic rings. The second-order valence-corrected chi connectivity index (χ2v) is 8.65. The highest BCUT2D eigenvalue weighted by Crippen LogP contribution is 2.35. The summed E-state index contributed by atoms with van der Waals surface area (Å²) in [5, 5.41) is 2.11. The van der Waals surface area contributed by atoms with Crippen LogP contribution in [0.2, 0.25) is 0 Å². The number of aryl methyl sites for hydroxylation is 3. The molecule has 0 aromatic carbocycles. The minimum Gasteiger partial charge on any atom is -0.339 e. The number of amides is 1. The zero-order valence-electron chi connectivity index (χ0n) is 14.9. The van der Waals surface area contributed by atoms with Crippen LogP contribution in [-0.2, 0) is 11.2 Å². The van der Waals surface area contributed by atoms with E-state index in [4.69, 9.17) is 4.98 Å². The van der Waals surface area contributed by atoms with Crippen LogP contribution in [0, 0.1) is 13.8 Å². The van der Waals surface area contributed by atoms with Gasteiger partial charge in [-0.3, -0.25) is 4.79 Å². The van der Waals surface area contributed by atoms with Crippen LogP contribution < -0.4 is 0 Å². The maximum atomic E-state index is 12.6. The molecule has 3 rings (SSSR count). The predicted molar refractivity (Wildman–Crippen MR) is 102 cm³/mol. The highest BCUT2D eigenvalue weighted by molar-refractivity contribution is 8.00. The van der Waals surface area contributed by atoms with E-state index in [1.807, 2.05) is 4.90 Å². The molecule has 0 spiro atoms. The van der Waals surface area contributed by atoms with Crippen molar-refractivity contribution in [1.29, 1.82) is 0 Å². The number of thioether (sulfide) groups is 1. The van der Waals surface area contributed by atoms with Gasteiger partial charge in [-0.15, -0.1) is 11.3 Å². The van der Waals surface area contributed by atoms with Crippen LogP contribution >= 0.6 is 23.1 Å². The molecule has 0 radical (unpaired) electrons. The van der Waals surface area contributed by atoms with Crippen molar-refractivity contribution >= 4 is 39.2 Å². The average molecular weight is 364 g/mol. The second-order valence-electron chi connectivity index (χ2n) is 6.48. The third kappa shape index (κ3) is 3.45. The normalized spacial score (nSPS) is 18.3. The molecule has 1 aliphatic heterocycles. The first-order valence-electron chi connectivity index (χ1n) is 8.70. The van der Waals surface area contributed by atoms with Gasteiger partial charge in [0.05, 0.1) is 5.75 Å². The fourth-order valence-electron chi connectivity index (χ4n) is 3.20. The number of aromatic nitrogens is 2. The lowest BCUT2D eigenvalue weighted by atomic mass is 10.0. The number of nitrogens with zero attached hydrogens (tertiary/aromatic N) is 3. The van der Waals surface area contributed by atoms with Gasteiger partial charge in [-0.25, -0.2) is 9.97 Å². The number of fused-ring (bicyclic) bond motifs is 1. The van der Waals surface area contributed by atoms with E-state index >= 15 is 0 Å². The van der Waals surface area contributed by atoms with Crippen LogP contribution in [0.25, 0.3) is 10.2 Å². The summed E-state index contributed by atoms with van der Waals surface area (Å²) in [6.07, 6.45) is 4.30. The van der Waals surface area contributed by atoms with E-state index in [0.717, 1.165) is 46.9 Å². The molecule has 1 fully saturated rings. The Morgan fingerprint density at radius 3 is 2.83 bits per heavy atom. The van der Waals surface area contributed by atoms with Gasteiger partial charge in [0.1, 0.15) is 15.7 Å². The zero-order chi connectivity index (χ0) is 17.3. The molecule has 1 saturated heterocycles. The van der Waals surface area contributed by atoms with Crippen molar-refractivity contribution in [3.05, 3.63) is 16.3 Å². The highest BCUT2D eigenvalue weighted by atomic mass is 32.2. The van der Waals surface area contributed by atoms with Gasteiger partial charge in [-0.05, 0) is 45.6 Å². The van der Waals surface area contributed by atoms with Crippen LogP contribution in [0.4, 0.5) is 0 Å². The number of carbonyl (C=O) groups excluding carboxylic acids is 1. The van der Waals surface area contributed by atoms with E-state index < -0.39 is 0 Å². The summed E-state index contributed by atoms with van der Waals surface area (Å²) in [5.74, 6) is 1.57. The lowest BCUT2D eigenvalue weighted by Crippen LogP contribution is -2.42. The van der Waals surface area contributed by atoms with Crippen LogP contribution in [0.1, 0.15) is 49.4 Å². The van der Waals surface area contributed by atoms with E-state index in [1.165, 1.54) is 16.9 Å². The molecule has 2 aromatic rings. The van der Waals surface area contributed by atoms with Crippen molar-refractivity contribution in [1.82, 2.24) is 14.9 Å². The Bertz CT molecular complexity index is 756. The van der Waals surface area contributed by atoms with E-state index in [0.29, 0.717) is 11.8 Å². The molecular formula is C18H25N3OS2. The van der Waals surface area contributed by atoms with Gasteiger partial charge in [0.2, 0.25) is 5.91 Å². The molecule has 130 valence electrons. The summed E-state index contributed by atoms with van der Waals surface area (Å²) in [6, 6.07) is 0.369. The van der Waals surface area contributed by atoms with Gasteiger partial charge < -0.3 is 4.90 Å². The van der Waals surface area contributed by atoms with Crippen molar-refractivity contribution < 1.29 is 4.79 Å². The topological polar surface area (TPSA) is 46.1 Å². The molecule has 2 aromatic heterocycles. The first kappa shape index (κ1) is 17.7. The molecule has 1 amide bonds. The van der Waals surface area contributed by atoms with Crippen molar-refractivity contribution in [3.8, 4) is 0 Å². The summed E-state index contributed by atoms with van der Waals surface area (Å²) in [7, 11) is 0. The van der Waals surface area contributed by atoms with Gasteiger partial charge in [0.15, 0.2) is 0 Å². The molecule has 6 heteroatoms. The standard InChI is InChI=1S/C18H25N3OS2/c1-5-14-19-17(16-12(3)13(4)24-18(16)20-14)23-10-15(22)21-9-7-6-8-11(21)2/h11H,5-10H2,1-4H3/t11-/m1/s1. The number of likely N-dealkylation sites (tertiary alicyclic amines) is 1. The average Bonchev–Trinajstić information content (AvgIpc) is 2.87. The fraction of sp³-hybridized carbons (Fsp3) is 0.611. The van der Waals surface area contributed by atoms with Crippen molar-refractivity contribution in [2.75, 3.05) is 12.3 Å². The van der Waals surface area contributed by atoms with Crippen molar-refractivity contribution in [3.63, 3.8) is 0 Å². The van der Waals surface area contributed by atoms with Crippen LogP contribution in [-0.4, -0.2) is 39.1 Å². The maximum Gasteiger partial charge on any atom is 0.233 e. The smallest absolute Gasteiger partial charge is 0.233 e. The number of piperidine rings is 1. The summed E-state index contributed by atoms with van der Waals surface area (Å²) in [6.45, 7) is 9.39. The van der Waals surface area contributed by atoms with Gasteiger partial charge in [-0.1, -0.05) is 18.7 Å². The number of rotatable bonds is 4. The molecule has 1 atom stereocenters. The number of hydrogen-bond acceptors (Lipinski definition) is 5. The molecule has 0 unspecified atom stereocenters. The Hall–Kier alpha value is -1.14. The molecule has 24 heavy (non-hydrogen) atoms. The van der Waals surface area contributed by atoms with E-state index in [1.54, 1.807) is 23.1 Å². The first-order valence-corrected chi connectivity index (χ1v) is 10.5. The Morgan fingerprint density at radius 2 is 2.12 bits per heavy atom. The third-order valence-electron chi connectivity index (χ3n) is 4.81. The van der Waals surface area contributed by atoms with Crippen molar-refractivity contribution in [2.45, 2.75) is 64.4 Å². The number of hydrogen-bond donors (Lipinski definition) is 0. The minimum atomic E-state index is 0.238. The molecular weight excluding hydrogens is 338 g/mol. The third-order valence-corrected chi connectivity index (χ3v) is 6.87. The Morgan fingerprint density at radius 1 is 1.33 bits per heavy atom. The summed E-state index contributed by atoms with van der Waals surface area (Å²) < 4.78 is 0. The largest absolute Gasteiger partial charge is 0.339 e. The van der Waals surface area contributed by atoms with Crippen LogP contribution in [0.3, 0.4) is 0 Å². The molecule has 0 N–H and O–H groups in total. The van der Waals surface area contributed by atoms with E-state index in [9.17, 15) is 4.79 Å². The zero-order valence-corrected chi connectivity index (χ0v) is 16.5. The predicted octanol–water partition coefficient (Wildman–Crippen LogP) is 4.36. The second kappa shape index (κ2) is 7.40. The SMILES string of the molecule is CCc1nc(SCC(=O)N2CCCC[C@H]2C)c2c(C)c(C)sc2n1. The maximum absolute atomic E-state index is 12.6. The molecule has 0 aliphatic carbocycles. The lowest BCUT2D eigenvalue weighted by molar-refractivity contribution is -0.131. The van der Waals surface area contributed by atoms with E-state index in [2.05, 4.69) is 32.7 Å². The Labute approximate surface area is 152 Å². The van der Waals surface area contributed by atoms with Crippen molar-refractivity contribution in [2.24, 2.45) is 0 Å². The molecule has 0 saturated carbocycles. The van der Waals surface area contributed by atoms with Gasteiger partial charge in [-0.2, -0.15) is 0 Å². The van der Waals surface area contributed by atoms with Crippen LogP contribution in [0.15, 0.2) is 5.03 Å². The summed E-state index contributed by atoms with van der Waals surface area (Å²) in [4.78, 5) is 26.4. The number of carbonyl (C=O) groups is 1. The first-order chi connectivity index (χ1) is 11.5. The molecule has 0 bridgehead atoms. The van der Waals surface area contributed by atoms with Crippen LogP contribution in [0.5, 0.6) is 0 Å². The van der Waals surface area contributed by atoms with E-state index in [-0.39, 0.29) is 5.91 Å². The minimum absolute atomic E-state index is 0.238. The Kier molecular flexibility index (Phi) is 5.45. The Balaban J connectivity index is 1.82. The fourth-order valence-corrected chi connectivity index (χ4v) is 5.30. The van der Waals surface area contributed by atoms with Gasteiger partial charge in [0, 0.05) is 29.3 Å². The quantitative estimate of drug-likeness (QED) is 0.598. The van der Waals surface area contributed by atoms with Gasteiger partial charge >= 0.3 is 0 Å². The monoisotopic (exact) mass is 363 g/mol.